The van der Waals surface area contributed by atoms with Gasteiger partial charge in [0.2, 0.25) is 0 Å². The van der Waals surface area contributed by atoms with Crippen molar-refractivity contribution in [2.45, 2.75) is 32.2 Å². The van der Waals surface area contributed by atoms with Gasteiger partial charge in [0.25, 0.3) is 5.69 Å². The van der Waals surface area contributed by atoms with E-state index in [1.807, 2.05) is 6.92 Å². The lowest BCUT2D eigenvalue weighted by Gasteiger charge is -2.31. The lowest BCUT2D eigenvalue weighted by Crippen LogP contribution is -2.43. The van der Waals surface area contributed by atoms with Gasteiger partial charge in [-0.15, -0.1) is 0 Å². The molecule has 1 aromatic rings. The minimum atomic E-state index is -0.328. The molecular weight excluding hydrogens is 270 g/mol. The Morgan fingerprint density at radius 1 is 1.48 bits per heavy atom. The standard InChI is InChI=1S/C15H23N3O3/c1-3-17(11-12-6-4-5-9-16-12)15-10-13(21-2)7-8-14(15)18(19)20/h7-8,10,12,16H,3-6,9,11H2,1-2H3. The molecule has 1 heterocycles. The summed E-state index contributed by atoms with van der Waals surface area (Å²) in [6.07, 6.45) is 3.55. The van der Waals surface area contributed by atoms with Crippen LogP contribution in [0.5, 0.6) is 5.75 Å². The van der Waals surface area contributed by atoms with E-state index in [-0.39, 0.29) is 10.6 Å². The molecule has 0 aromatic heterocycles. The molecule has 1 unspecified atom stereocenters. The van der Waals surface area contributed by atoms with Crippen molar-refractivity contribution < 1.29 is 9.66 Å². The highest BCUT2D eigenvalue weighted by Crippen LogP contribution is 2.32. The monoisotopic (exact) mass is 293 g/mol. The molecule has 116 valence electrons. The van der Waals surface area contributed by atoms with Crippen LogP contribution in [0, 0.1) is 10.1 Å². The number of hydrogen-bond donors (Lipinski definition) is 1. The van der Waals surface area contributed by atoms with E-state index in [2.05, 4.69) is 10.2 Å². The molecule has 0 saturated carbocycles. The van der Waals surface area contributed by atoms with Crippen molar-refractivity contribution in [1.29, 1.82) is 0 Å². The molecule has 6 heteroatoms. The van der Waals surface area contributed by atoms with Crippen LogP contribution in [0.3, 0.4) is 0 Å². The maximum Gasteiger partial charge on any atom is 0.292 e. The first kappa shape index (κ1) is 15.6. The summed E-state index contributed by atoms with van der Waals surface area (Å²) in [4.78, 5) is 13.0. The molecule has 0 amide bonds. The Labute approximate surface area is 125 Å². The van der Waals surface area contributed by atoms with E-state index in [0.29, 0.717) is 17.5 Å². The van der Waals surface area contributed by atoms with Crippen LogP contribution < -0.4 is 15.0 Å². The van der Waals surface area contributed by atoms with Crippen LogP contribution in [0.15, 0.2) is 18.2 Å². The first-order valence-electron chi connectivity index (χ1n) is 7.46. The molecule has 0 aliphatic carbocycles. The van der Waals surface area contributed by atoms with Gasteiger partial charge >= 0.3 is 0 Å². The maximum atomic E-state index is 11.3. The lowest BCUT2D eigenvalue weighted by molar-refractivity contribution is -0.384. The molecular formula is C15H23N3O3. The fourth-order valence-electron chi connectivity index (χ4n) is 2.78. The molecule has 0 spiro atoms. The number of piperidine rings is 1. The zero-order valence-corrected chi connectivity index (χ0v) is 12.7. The topological polar surface area (TPSA) is 67.6 Å². The van der Waals surface area contributed by atoms with E-state index in [1.165, 1.54) is 18.9 Å². The minimum Gasteiger partial charge on any atom is -0.497 e. The summed E-state index contributed by atoms with van der Waals surface area (Å²) in [6.45, 7) is 4.56. The van der Waals surface area contributed by atoms with Crippen LogP contribution in [-0.4, -0.2) is 37.7 Å². The Balaban J connectivity index is 2.24. The van der Waals surface area contributed by atoms with Gasteiger partial charge in [-0.3, -0.25) is 10.1 Å². The van der Waals surface area contributed by atoms with Crippen LogP contribution in [0.2, 0.25) is 0 Å². The first-order valence-corrected chi connectivity index (χ1v) is 7.46. The van der Waals surface area contributed by atoms with Gasteiger partial charge in [-0.05, 0) is 32.4 Å². The largest absolute Gasteiger partial charge is 0.497 e. The second kappa shape index (κ2) is 7.26. The van der Waals surface area contributed by atoms with Gasteiger partial charge in [-0.25, -0.2) is 0 Å². The SMILES string of the molecule is CCN(CC1CCCCN1)c1cc(OC)ccc1[N+](=O)[O-]. The van der Waals surface area contributed by atoms with Gasteiger partial charge in [0, 0.05) is 31.3 Å². The summed E-state index contributed by atoms with van der Waals surface area (Å²) in [5, 5.41) is 14.7. The van der Waals surface area contributed by atoms with Gasteiger partial charge in [-0.2, -0.15) is 0 Å². The summed E-state index contributed by atoms with van der Waals surface area (Å²) >= 11 is 0. The van der Waals surface area contributed by atoms with Crippen molar-refractivity contribution in [2.24, 2.45) is 0 Å². The third kappa shape index (κ3) is 3.85. The third-order valence-corrected chi connectivity index (χ3v) is 3.95. The summed E-state index contributed by atoms with van der Waals surface area (Å²) in [5.41, 5.74) is 0.766. The molecule has 0 radical (unpaired) electrons. The van der Waals surface area contributed by atoms with Crippen LogP contribution >= 0.6 is 0 Å². The number of benzene rings is 1. The van der Waals surface area contributed by atoms with Gasteiger partial charge in [0.05, 0.1) is 12.0 Å². The highest BCUT2D eigenvalue weighted by molar-refractivity contribution is 5.66. The van der Waals surface area contributed by atoms with Gasteiger partial charge < -0.3 is 15.0 Å². The highest BCUT2D eigenvalue weighted by Gasteiger charge is 2.22. The first-order chi connectivity index (χ1) is 10.2. The molecule has 2 rings (SSSR count). The molecule has 1 N–H and O–H groups in total. The quantitative estimate of drug-likeness (QED) is 0.645. The predicted molar refractivity (Wildman–Crippen MR) is 83.2 cm³/mol. The summed E-state index contributed by atoms with van der Waals surface area (Å²) in [6, 6.07) is 5.30. The molecule has 21 heavy (non-hydrogen) atoms. The second-order valence-electron chi connectivity index (χ2n) is 5.30. The number of likely N-dealkylation sites (N-methyl/N-ethyl adjacent to an activating group) is 1. The average molecular weight is 293 g/mol. The van der Waals surface area contributed by atoms with E-state index in [9.17, 15) is 10.1 Å². The normalized spacial score (nSPS) is 18.3. The van der Waals surface area contributed by atoms with Crippen molar-refractivity contribution in [3.05, 3.63) is 28.3 Å². The number of rotatable bonds is 6. The zero-order valence-electron chi connectivity index (χ0n) is 12.7. The molecule has 1 atom stereocenters. The Morgan fingerprint density at radius 2 is 2.29 bits per heavy atom. The lowest BCUT2D eigenvalue weighted by atomic mass is 10.0. The van der Waals surface area contributed by atoms with Crippen LogP contribution in [0.25, 0.3) is 0 Å². The number of hydrogen-bond acceptors (Lipinski definition) is 5. The van der Waals surface area contributed by atoms with Crippen LogP contribution in [-0.2, 0) is 0 Å². The highest BCUT2D eigenvalue weighted by atomic mass is 16.6. The van der Waals surface area contributed by atoms with Gasteiger partial charge in [-0.1, -0.05) is 6.42 Å². The molecule has 1 saturated heterocycles. The molecule has 0 bridgehead atoms. The predicted octanol–water partition coefficient (Wildman–Crippen LogP) is 2.57. The fourth-order valence-corrected chi connectivity index (χ4v) is 2.78. The number of nitro benzene ring substituents is 1. The summed E-state index contributed by atoms with van der Waals surface area (Å²) in [5.74, 6) is 0.644. The molecule has 1 aromatic carbocycles. The molecule has 1 fully saturated rings. The van der Waals surface area contributed by atoms with Crippen molar-refractivity contribution in [1.82, 2.24) is 5.32 Å². The van der Waals surface area contributed by atoms with E-state index in [1.54, 1.807) is 19.2 Å². The number of nitro groups is 1. The van der Waals surface area contributed by atoms with E-state index < -0.39 is 0 Å². The number of nitrogens with zero attached hydrogens (tertiary/aromatic N) is 2. The minimum absolute atomic E-state index is 0.133. The Kier molecular flexibility index (Phi) is 5.38. The van der Waals surface area contributed by atoms with Gasteiger partial charge in [0.15, 0.2) is 0 Å². The summed E-state index contributed by atoms with van der Waals surface area (Å²) < 4.78 is 5.21. The van der Waals surface area contributed by atoms with Crippen molar-refractivity contribution >= 4 is 11.4 Å². The Morgan fingerprint density at radius 3 is 2.86 bits per heavy atom. The van der Waals surface area contributed by atoms with E-state index in [4.69, 9.17) is 4.74 Å². The third-order valence-electron chi connectivity index (χ3n) is 3.95. The average Bonchev–Trinajstić information content (AvgIpc) is 2.52. The molecule has 1 aliphatic heterocycles. The van der Waals surface area contributed by atoms with Crippen molar-refractivity contribution in [3.8, 4) is 5.75 Å². The van der Waals surface area contributed by atoms with E-state index in [0.717, 1.165) is 26.1 Å². The number of ether oxygens (including phenoxy) is 1. The Bertz CT molecular complexity index is 487. The van der Waals surface area contributed by atoms with Crippen LogP contribution in [0.4, 0.5) is 11.4 Å². The number of nitrogens with one attached hydrogen (secondary N) is 1. The fraction of sp³-hybridized carbons (Fsp3) is 0.600. The zero-order chi connectivity index (χ0) is 15.2. The molecule has 6 nitrogen and oxygen atoms in total. The number of methoxy groups -OCH3 is 1. The second-order valence-corrected chi connectivity index (χ2v) is 5.30. The molecule has 1 aliphatic rings. The summed E-state index contributed by atoms with van der Waals surface area (Å²) in [7, 11) is 1.57. The Hall–Kier alpha value is -1.82. The van der Waals surface area contributed by atoms with Crippen molar-refractivity contribution in [2.75, 3.05) is 31.6 Å². The van der Waals surface area contributed by atoms with Crippen LogP contribution in [0.1, 0.15) is 26.2 Å². The van der Waals surface area contributed by atoms with Gasteiger partial charge in [0.1, 0.15) is 11.4 Å². The maximum absolute atomic E-state index is 11.3. The number of anilines is 1. The smallest absolute Gasteiger partial charge is 0.292 e. The van der Waals surface area contributed by atoms with Crippen molar-refractivity contribution in [3.63, 3.8) is 0 Å². The van der Waals surface area contributed by atoms with E-state index >= 15 is 0 Å².